The Balaban J connectivity index is 2.04. The Morgan fingerprint density at radius 2 is 1.90 bits per heavy atom. The minimum atomic E-state index is -3.05. The SMILES string of the molecule is Nc1ccccc1CNc1ccc(OC(F)F)c(F)c1. The summed E-state index contributed by atoms with van der Waals surface area (Å²) in [5, 5.41) is 2.96. The summed E-state index contributed by atoms with van der Waals surface area (Å²) in [5.41, 5.74) is 7.71. The summed E-state index contributed by atoms with van der Waals surface area (Å²) in [6.07, 6.45) is 0. The number of hydrogen-bond acceptors (Lipinski definition) is 3. The number of alkyl halides is 2. The summed E-state index contributed by atoms with van der Waals surface area (Å²) in [6.45, 7) is -2.64. The van der Waals surface area contributed by atoms with Gasteiger partial charge in [0.15, 0.2) is 11.6 Å². The molecule has 0 aliphatic carbocycles. The van der Waals surface area contributed by atoms with Crippen LogP contribution in [0.5, 0.6) is 5.75 Å². The Morgan fingerprint density at radius 3 is 2.55 bits per heavy atom. The van der Waals surface area contributed by atoms with Gasteiger partial charge in [0.25, 0.3) is 0 Å². The van der Waals surface area contributed by atoms with Gasteiger partial charge in [0, 0.05) is 24.0 Å². The lowest BCUT2D eigenvalue weighted by Gasteiger charge is -2.10. The van der Waals surface area contributed by atoms with Crippen LogP contribution in [0.3, 0.4) is 0 Å². The molecule has 3 nitrogen and oxygen atoms in total. The number of anilines is 2. The number of hydrogen-bond donors (Lipinski definition) is 2. The second kappa shape index (κ2) is 6.18. The molecule has 0 radical (unpaired) electrons. The van der Waals surface area contributed by atoms with Crippen molar-refractivity contribution in [2.75, 3.05) is 11.1 Å². The number of ether oxygens (including phenoxy) is 1. The first kappa shape index (κ1) is 14.0. The number of para-hydroxylation sites is 1. The predicted molar refractivity (Wildman–Crippen MR) is 71.2 cm³/mol. The molecule has 0 unspecified atom stereocenters. The monoisotopic (exact) mass is 282 g/mol. The summed E-state index contributed by atoms with van der Waals surface area (Å²) in [7, 11) is 0. The second-order valence-corrected chi connectivity index (χ2v) is 4.08. The molecule has 3 N–H and O–H groups in total. The quantitative estimate of drug-likeness (QED) is 0.823. The first-order valence-electron chi connectivity index (χ1n) is 5.88. The first-order chi connectivity index (χ1) is 9.56. The van der Waals surface area contributed by atoms with Crippen LogP contribution < -0.4 is 15.8 Å². The Morgan fingerprint density at radius 1 is 1.15 bits per heavy atom. The van der Waals surface area contributed by atoms with Gasteiger partial charge in [-0.25, -0.2) is 4.39 Å². The van der Waals surface area contributed by atoms with Crippen LogP contribution in [0.15, 0.2) is 42.5 Å². The molecular formula is C14H13F3N2O. The maximum atomic E-state index is 13.5. The molecule has 0 aromatic heterocycles. The average molecular weight is 282 g/mol. The van der Waals surface area contributed by atoms with Gasteiger partial charge in [0.05, 0.1) is 0 Å². The molecule has 0 aliphatic rings. The van der Waals surface area contributed by atoms with Crippen LogP contribution in [0.2, 0.25) is 0 Å². The Kier molecular flexibility index (Phi) is 4.34. The molecule has 0 aliphatic heterocycles. The number of rotatable bonds is 5. The van der Waals surface area contributed by atoms with Gasteiger partial charge in [-0.3, -0.25) is 0 Å². The van der Waals surface area contributed by atoms with Gasteiger partial charge in [-0.2, -0.15) is 8.78 Å². The van der Waals surface area contributed by atoms with Crippen LogP contribution >= 0.6 is 0 Å². The molecule has 0 spiro atoms. The van der Waals surface area contributed by atoms with Crippen molar-refractivity contribution in [3.8, 4) is 5.75 Å². The van der Waals surface area contributed by atoms with Gasteiger partial charge in [-0.1, -0.05) is 18.2 Å². The molecular weight excluding hydrogens is 269 g/mol. The number of nitrogens with two attached hydrogens (primary N) is 1. The standard InChI is InChI=1S/C14H13F3N2O/c15-11-7-10(5-6-13(11)20-14(16)17)19-8-9-3-1-2-4-12(9)18/h1-7,14,19H,8,18H2. The third-order valence-electron chi connectivity index (χ3n) is 2.69. The molecule has 106 valence electrons. The van der Waals surface area contributed by atoms with E-state index in [0.717, 1.165) is 17.7 Å². The van der Waals surface area contributed by atoms with Crippen LogP contribution in [0.25, 0.3) is 0 Å². The molecule has 0 heterocycles. The highest BCUT2D eigenvalue weighted by atomic mass is 19.3. The van der Waals surface area contributed by atoms with Crippen molar-refractivity contribution in [1.29, 1.82) is 0 Å². The molecule has 0 saturated heterocycles. The molecule has 6 heteroatoms. The van der Waals surface area contributed by atoms with E-state index in [-0.39, 0.29) is 0 Å². The van der Waals surface area contributed by atoms with Gasteiger partial charge < -0.3 is 15.8 Å². The predicted octanol–water partition coefficient (Wildman–Crippen LogP) is 3.62. The van der Waals surface area contributed by atoms with E-state index >= 15 is 0 Å². The molecule has 2 aromatic carbocycles. The highest BCUT2D eigenvalue weighted by Gasteiger charge is 2.10. The summed E-state index contributed by atoms with van der Waals surface area (Å²) < 4.78 is 41.5. The van der Waals surface area contributed by atoms with Crippen LogP contribution in [0.1, 0.15) is 5.56 Å². The van der Waals surface area contributed by atoms with E-state index in [2.05, 4.69) is 10.1 Å². The lowest BCUT2D eigenvalue weighted by molar-refractivity contribution is -0.0521. The zero-order valence-electron chi connectivity index (χ0n) is 10.4. The van der Waals surface area contributed by atoms with Crippen molar-refractivity contribution in [2.24, 2.45) is 0 Å². The second-order valence-electron chi connectivity index (χ2n) is 4.08. The van der Waals surface area contributed by atoms with Crippen molar-refractivity contribution in [3.05, 3.63) is 53.8 Å². The molecule has 0 bridgehead atoms. The van der Waals surface area contributed by atoms with Crippen LogP contribution in [-0.2, 0) is 6.54 Å². The van der Waals surface area contributed by atoms with Crippen LogP contribution in [-0.4, -0.2) is 6.61 Å². The zero-order chi connectivity index (χ0) is 14.5. The van der Waals surface area contributed by atoms with Gasteiger partial charge >= 0.3 is 6.61 Å². The molecule has 2 rings (SSSR count). The van der Waals surface area contributed by atoms with E-state index in [9.17, 15) is 13.2 Å². The van der Waals surface area contributed by atoms with Crippen molar-refractivity contribution in [2.45, 2.75) is 13.2 Å². The molecule has 2 aromatic rings. The zero-order valence-corrected chi connectivity index (χ0v) is 10.4. The maximum Gasteiger partial charge on any atom is 0.387 e. The molecule has 0 saturated carbocycles. The Bertz CT molecular complexity index is 590. The largest absolute Gasteiger partial charge is 0.432 e. The number of benzene rings is 2. The van der Waals surface area contributed by atoms with E-state index in [1.807, 2.05) is 18.2 Å². The maximum absolute atomic E-state index is 13.5. The highest BCUT2D eigenvalue weighted by molar-refractivity contribution is 5.51. The first-order valence-corrected chi connectivity index (χ1v) is 5.88. The third-order valence-corrected chi connectivity index (χ3v) is 2.69. The van der Waals surface area contributed by atoms with E-state index in [0.29, 0.717) is 17.9 Å². The Labute approximate surface area is 114 Å². The normalized spacial score (nSPS) is 10.6. The number of halogens is 3. The summed E-state index contributed by atoms with van der Waals surface area (Å²) in [4.78, 5) is 0. The van der Waals surface area contributed by atoms with Crippen LogP contribution in [0, 0.1) is 5.82 Å². The summed E-state index contributed by atoms with van der Waals surface area (Å²) in [6, 6.07) is 11.0. The number of nitrogen functional groups attached to an aromatic ring is 1. The van der Waals surface area contributed by atoms with Gasteiger partial charge in [-0.15, -0.1) is 0 Å². The smallest absolute Gasteiger partial charge is 0.387 e. The lowest BCUT2D eigenvalue weighted by Crippen LogP contribution is -2.05. The van der Waals surface area contributed by atoms with Gasteiger partial charge in [0.2, 0.25) is 0 Å². The fourth-order valence-corrected chi connectivity index (χ4v) is 1.69. The molecule has 0 amide bonds. The lowest BCUT2D eigenvalue weighted by atomic mass is 10.2. The topological polar surface area (TPSA) is 47.3 Å². The van der Waals surface area contributed by atoms with E-state index in [1.54, 1.807) is 6.07 Å². The minimum Gasteiger partial charge on any atom is -0.432 e. The van der Waals surface area contributed by atoms with Crippen molar-refractivity contribution in [3.63, 3.8) is 0 Å². The minimum absolute atomic E-state index is 0.404. The Hall–Kier alpha value is -2.37. The highest BCUT2D eigenvalue weighted by Crippen LogP contribution is 2.23. The molecule has 0 fully saturated rings. The van der Waals surface area contributed by atoms with Crippen molar-refractivity contribution >= 4 is 11.4 Å². The molecule has 20 heavy (non-hydrogen) atoms. The van der Waals surface area contributed by atoms with E-state index in [4.69, 9.17) is 5.73 Å². The van der Waals surface area contributed by atoms with Gasteiger partial charge in [0.1, 0.15) is 0 Å². The fourth-order valence-electron chi connectivity index (χ4n) is 1.69. The average Bonchev–Trinajstić information content (AvgIpc) is 2.40. The third kappa shape index (κ3) is 3.57. The van der Waals surface area contributed by atoms with E-state index < -0.39 is 18.2 Å². The van der Waals surface area contributed by atoms with E-state index in [1.165, 1.54) is 6.07 Å². The van der Waals surface area contributed by atoms with Crippen molar-refractivity contribution < 1.29 is 17.9 Å². The summed E-state index contributed by atoms with van der Waals surface area (Å²) in [5.74, 6) is -1.33. The molecule has 0 atom stereocenters. The van der Waals surface area contributed by atoms with Gasteiger partial charge in [-0.05, 0) is 23.8 Å². The summed E-state index contributed by atoms with van der Waals surface area (Å²) >= 11 is 0. The van der Waals surface area contributed by atoms with Crippen molar-refractivity contribution in [1.82, 2.24) is 0 Å². The number of nitrogens with one attached hydrogen (secondary N) is 1. The van der Waals surface area contributed by atoms with Crippen LogP contribution in [0.4, 0.5) is 24.5 Å². The fraction of sp³-hybridized carbons (Fsp3) is 0.143.